The number of rotatable bonds is 6. The molecule has 2 aromatic rings. The molecule has 2 fully saturated rings. The largest absolute Gasteiger partial charge is 0.445 e. The summed E-state index contributed by atoms with van der Waals surface area (Å²) >= 11 is 0. The third kappa shape index (κ3) is 5.16. The smallest absolute Gasteiger partial charge is 0.412 e. The number of ether oxygens (including phenoxy) is 1. The molecule has 0 spiro atoms. The Labute approximate surface area is 170 Å². The number of likely N-dealkylation sites (tertiary alicyclic amines) is 1. The molecular formula is C22H27N3O4. The minimum Gasteiger partial charge on any atom is -0.445 e. The van der Waals surface area contributed by atoms with E-state index in [2.05, 4.69) is 15.2 Å². The lowest BCUT2D eigenvalue weighted by Crippen LogP contribution is -2.43. The van der Waals surface area contributed by atoms with Crippen molar-refractivity contribution in [3.8, 4) is 0 Å². The van der Waals surface area contributed by atoms with E-state index in [9.17, 15) is 9.59 Å². The molecule has 29 heavy (non-hydrogen) atoms. The Morgan fingerprint density at radius 2 is 1.90 bits per heavy atom. The Kier molecular flexibility index (Phi) is 6.12. The molecule has 1 aromatic carbocycles. The lowest BCUT2D eigenvalue weighted by Gasteiger charge is -2.36. The van der Waals surface area contributed by atoms with Gasteiger partial charge in [-0.1, -0.05) is 18.6 Å². The van der Waals surface area contributed by atoms with Gasteiger partial charge >= 0.3 is 6.09 Å². The van der Waals surface area contributed by atoms with Gasteiger partial charge < -0.3 is 14.1 Å². The summed E-state index contributed by atoms with van der Waals surface area (Å²) in [6.45, 7) is 1.82. The van der Waals surface area contributed by atoms with E-state index in [-0.39, 0.29) is 6.61 Å². The lowest BCUT2D eigenvalue weighted by atomic mass is 9.83. The van der Waals surface area contributed by atoms with Crippen LogP contribution in [0, 0.1) is 11.8 Å². The molecule has 0 atom stereocenters. The molecule has 7 nitrogen and oxygen atoms in total. The molecule has 4 rings (SSSR count). The number of hydrogen-bond acceptors (Lipinski definition) is 5. The van der Waals surface area contributed by atoms with Crippen molar-refractivity contribution in [2.24, 2.45) is 11.8 Å². The summed E-state index contributed by atoms with van der Waals surface area (Å²) < 4.78 is 10.1. The molecule has 2 heterocycles. The molecule has 154 valence electrons. The number of carbonyl (C=O) groups is 2. The summed E-state index contributed by atoms with van der Waals surface area (Å²) in [6.07, 6.45) is 8.76. The van der Waals surface area contributed by atoms with Crippen molar-refractivity contribution in [2.75, 3.05) is 18.4 Å². The SMILES string of the molecule is O=C(Nc1ccc(CC2CCN(C(=O)C3CCC3)CC2)cc1)OCc1cnco1. The van der Waals surface area contributed by atoms with Gasteiger partial charge in [-0.2, -0.15) is 0 Å². The van der Waals surface area contributed by atoms with E-state index >= 15 is 0 Å². The van der Waals surface area contributed by atoms with Gasteiger partial charge in [0.25, 0.3) is 0 Å². The first kappa shape index (κ1) is 19.5. The summed E-state index contributed by atoms with van der Waals surface area (Å²) in [7, 11) is 0. The van der Waals surface area contributed by atoms with Crippen molar-refractivity contribution in [1.29, 1.82) is 0 Å². The lowest BCUT2D eigenvalue weighted by molar-refractivity contribution is -0.139. The third-order valence-electron chi connectivity index (χ3n) is 5.93. The van der Waals surface area contributed by atoms with Crippen LogP contribution < -0.4 is 5.32 Å². The first-order chi connectivity index (χ1) is 14.2. The van der Waals surface area contributed by atoms with E-state index in [1.807, 2.05) is 24.3 Å². The molecular weight excluding hydrogens is 370 g/mol. The maximum atomic E-state index is 12.4. The van der Waals surface area contributed by atoms with E-state index < -0.39 is 6.09 Å². The zero-order chi connectivity index (χ0) is 20.1. The molecule has 1 aliphatic heterocycles. The van der Waals surface area contributed by atoms with Gasteiger partial charge in [0.15, 0.2) is 18.8 Å². The van der Waals surface area contributed by atoms with Gasteiger partial charge in [-0.05, 0) is 55.7 Å². The minimum absolute atomic E-state index is 0.0475. The van der Waals surface area contributed by atoms with Crippen LogP contribution in [0.5, 0.6) is 0 Å². The number of aromatic nitrogens is 1. The number of oxazole rings is 1. The van der Waals surface area contributed by atoms with Crippen LogP contribution in [0.2, 0.25) is 0 Å². The van der Waals surface area contributed by atoms with Crippen molar-refractivity contribution in [3.63, 3.8) is 0 Å². The second kappa shape index (κ2) is 9.11. The van der Waals surface area contributed by atoms with Crippen LogP contribution in [0.4, 0.5) is 10.5 Å². The summed E-state index contributed by atoms with van der Waals surface area (Å²) in [5.74, 6) is 1.77. The van der Waals surface area contributed by atoms with Gasteiger partial charge in [0.05, 0.1) is 6.20 Å². The summed E-state index contributed by atoms with van der Waals surface area (Å²) in [6, 6.07) is 7.86. The molecule has 0 unspecified atom stereocenters. The quantitative estimate of drug-likeness (QED) is 0.796. The van der Waals surface area contributed by atoms with Crippen molar-refractivity contribution >= 4 is 17.7 Å². The maximum absolute atomic E-state index is 12.4. The van der Waals surface area contributed by atoms with Crippen LogP contribution in [0.15, 0.2) is 41.3 Å². The Hall–Kier alpha value is -2.83. The number of hydrogen-bond donors (Lipinski definition) is 1. The molecule has 1 saturated carbocycles. The highest BCUT2D eigenvalue weighted by atomic mass is 16.6. The monoisotopic (exact) mass is 397 g/mol. The van der Waals surface area contributed by atoms with Crippen LogP contribution in [-0.4, -0.2) is 35.0 Å². The van der Waals surface area contributed by atoms with Crippen molar-refractivity contribution in [2.45, 2.75) is 45.1 Å². The van der Waals surface area contributed by atoms with Gasteiger partial charge in [-0.3, -0.25) is 10.1 Å². The number of benzene rings is 1. The predicted octanol–water partition coefficient (Wildman–Crippen LogP) is 4.00. The fourth-order valence-corrected chi connectivity index (χ4v) is 3.93. The molecule has 2 amide bonds. The third-order valence-corrected chi connectivity index (χ3v) is 5.93. The molecule has 7 heteroatoms. The summed E-state index contributed by atoms with van der Waals surface area (Å²) in [4.78, 5) is 30.0. The highest BCUT2D eigenvalue weighted by molar-refractivity contribution is 5.84. The summed E-state index contributed by atoms with van der Waals surface area (Å²) in [5, 5.41) is 2.71. The number of anilines is 1. The van der Waals surface area contributed by atoms with E-state index in [0.29, 0.717) is 29.2 Å². The van der Waals surface area contributed by atoms with Gasteiger partial charge in [0.2, 0.25) is 5.91 Å². The average molecular weight is 397 g/mol. The van der Waals surface area contributed by atoms with Gasteiger partial charge in [-0.25, -0.2) is 9.78 Å². The van der Waals surface area contributed by atoms with Crippen molar-refractivity contribution < 1.29 is 18.7 Å². The van der Waals surface area contributed by atoms with Crippen molar-refractivity contribution in [3.05, 3.63) is 48.2 Å². The molecule has 1 aromatic heterocycles. The number of piperidine rings is 1. The Morgan fingerprint density at radius 3 is 2.52 bits per heavy atom. The molecule has 0 bridgehead atoms. The normalized spacial score (nSPS) is 17.6. The predicted molar refractivity (Wildman–Crippen MR) is 107 cm³/mol. The zero-order valence-corrected chi connectivity index (χ0v) is 16.5. The highest BCUT2D eigenvalue weighted by Gasteiger charge is 2.31. The van der Waals surface area contributed by atoms with E-state index in [4.69, 9.17) is 9.15 Å². The topological polar surface area (TPSA) is 84.7 Å². The Morgan fingerprint density at radius 1 is 1.14 bits per heavy atom. The summed E-state index contributed by atoms with van der Waals surface area (Å²) in [5.41, 5.74) is 1.94. The molecule has 1 saturated heterocycles. The van der Waals surface area contributed by atoms with Gasteiger partial charge in [0.1, 0.15) is 0 Å². The second-order valence-electron chi connectivity index (χ2n) is 7.97. The fourth-order valence-electron chi connectivity index (χ4n) is 3.93. The maximum Gasteiger partial charge on any atom is 0.412 e. The Bertz CT molecular complexity index is 807. The molecule has 1 aliphatic carbocycles. The average Bonchev–Trinajstić information content (AvgIpc) is 3.21. The standard InChI is InChI=1S/C22H27N3O4/c26-21(18-2-1-3-18)25-10-8-17(9-11-25)12-16-4-6-19(7-5-16)24-22(27)28-14-20-13-23-15-29-20/h4-7,13,15,17-18H,1-3,8-12,14H2,(H,24,27). The number of carbonyl (C=O) groups excluding carboxylic acids is 2. The first-order valence-corrected chi connectivity index (χ1v) is 10.4. The van der Waals surface area contributed by atoms with Crippen LogP contribution >= 0.6 is 0 Å². The zero-order valence-electron chi connectivity index (χ0n) is 16.5. The second-order valence-corrected chi connectivity index (χ2v) is 7.97. The minimum atomic E-state index is -0.530. The van der Waals surface area contributed by atoms with Crippen LogP contribution in [0.3, 0.4) is 0 Å². The number of nitrogens with one attached hydrogen (secondary N) is 1. The van der Waals surface area contributed by atoms with E-state index in [1.165, 1.54) is 24.6 Å². The van der Waals surface area contributed by atoms with Crippen LogP contribution in [0.25, 0.3) is 0 Å². The van der Waals surface area contributed by atoms with Crippen molar-refractivity contribution in [1.82, 2.24) is 9.88 Å². The highest BCUT2D eigenvalue weighted by Crippen LogP contribution is 2.30. The fraction of sp³-hybridized carbons (Fsp3) is 0.500. The molecule has 2 aliphatic rings. The van der Waals surface area contributed by atoms with E-state index in [1.54, 1.807) is 0 Å². The van der Waals surface area contributed by atoms with E-state index in [0.717, 1.165) is 45.2 Å². The Balaban J connectivity index is 1.19. The van der Waals surface area contributed by atoms with Crippen LogP contribution in [0.1, 0.15) is 43.4 Å². The number of amides is 2. The number of nitrogens with zero attached hydrogens (tertiary/aromatic N) is 2. The van der Waals surface area contributed by atoms with Crippen LogP contribution in [-0.2, 0) is 22.6 Å². The van der Waals surface area contributed by atoms with Gasteiger partial charge in [-0.15, -0.1) is 0 Å². The van der Waals surface area contributed by atoms with Gasteiger partial charge in [0, 0.05) is 24.7 Å². The molecule has 1 N–H and O–H groups in total. The first-order valence-electron chi connectivity index (χ1n) is 10.4. The molecule has 0 radical (unpaired) electrons.